The van der Waals surface area contributed by atoms with Crippen LogP contribution < -0.4 is 0 Å². The molecule has 2 amide bonds. The molecule has 0 saturated carbocycles. The Morgan fingerprint density at radius 1 is 1.21 bits per heavy atom. The summed E-state index contributed by atoms with van der Waals surface area (Å²) in [7, 11) is 3.29. The maximum atomic E-state index is 12.1. The molecule has 0 spiro atoms. The third kappa shape index (κ3) is 4.71. The zero-order valence-corrected chi connectivity index (χ0v) is 14.4. The van der Waals surface area contributed by atoms with Crippen molar-refractivity contribution >= 4 is 23.0 Å². The van der Waals surface area contributed by atoms with Crippen LogP contribution in [-0.4, -0.2) is 65.6 Å². The Labute approximate surface area is 141 Å². The van der Waals surface area contributed by atoms with Crippen LogP contribution >= 0.6 is 0 Å². The largest absolute Gasteiger partial charge is 0.450 e. The topological polar surface area (TPSA) is 78.5 Å². The van der Waals surface area contributed by atoms with Gasteiger partial charge in [-0.3, -0.25) is 4.79 Å². The van der Waals surface area contributed by atoms with Crippen LogP contribution in [0.25, 0.3) is 11.0 Å². The molecule has 0 aliphatic rings. The molecule has 2 aromatic rings. The Morgan fingerprint density at radius 3 is 2.67 bits per heavy atom. The highest BCUT2D eigenvalue weighted by Crippen LogP contribution is 2.11. The quantitative estimate of drug-likeness (QED) is 0.841. The van der Waals surface area contributed by atoms with Crippen molar-refractivity contribution in [1.29, 1.82) is 0 Å². The summed E-state index contributed by atoms with van der Waals surface area (Å²) in [5.41, 5.74) is 1.97. The van der Waals surface area contributed by atoms with Crippen LogP contribution in [0.1, 0.15) is 19.2 Å². The molecule has 24 heavy (non-hydrogen) atoms. The monoisotopic (exact) mass is 332 g/mol. The third-order valence-corrected chi connectivity index (χ3v) is 3.72. The Morgan fingerprint density at radius 2 is 1.96 bits per heavy atom. The van der Waals surface area contributed by atoms with Gasteiger partial charge in [0.2, 0.25) is 5.91 Å². The lowest BCUT2D eigenvalue weighted by Gasteiger charge is -2.21. The minimum absolute atomic E-state index is 0.0139. The number of carbonyl (C=O) groups excluding carboxylic acids is 2. The van der Waals surface area contributed by atoms with E-state index in [0.29, 0.717) is 13.2 Å². The van der Waals surface area contributed by atoms with Crippen molar-refractivity contribution < 1.29 is 14.3 Å². The maximum Gasteiger partial charge on any atom is 0.409 e. The highest BCUT2D eigenvalue weighted by molar-refractivity contribution is 5.82. The average Bonchev–Trinajstić information content (AvgIpc) is 2.97. The fourth-order valence-corrected chi connectivity index (χ4v) is 2.35. The first-order valence-electron chi connectivity index (χ1n) is 8.06. The Balaban J connectivity index is 1.76. The van der Waals surface area contributed by atoms with Crippen molar-refractivity contribution in [3.63, 3.8) is 0 Å². The lowest BCUT2D eigenvalue weighted by atomic mass is 10.3. The van der Waals surface area contributed by atoms with Crippen LogP contribution in [0.3, 0.4) is 0 Å². The molecule has 0 radical (unpaired) electrons. The van der Waals surface area contributed by atoms with Gasteiger partial charge in [0.05, 0.1) is 17.6 Å². The number of carbonyl (C=O) groups is 2. The Bertz CT molecular complexity index is 665. The summed E-state index contributed by atoms with van der Waals surface area (Å²) in [5, 5.41) is 0. The molecule has 1 heterocycles. The number of hydrogen-bond donors (Lipinski definition) is 1. The first-order valence-corrected chi connectivity index (χ1v) is 8.06. The van der Waals surface area contributed by atoms with Gasteiger partial charge in [0.1, 0.15) is 12.4 Å². The van der Waals surface area contributed by atoms with Gasteiger partial charge in [0.25, 0.3) is 0 Å². The molecule has 7 heteroatoms. The molecule has 0 saturated heterocycles. The first kappa shape index (κ1) is 17.8. The van der Waals surface area contributed by atoms with E-state index in [9.17, 15) is 9.59 Å². The molecule has 0 bridgehead atoms. The Kier molecular flexibility index (Phi) is 6.17. The predicted molar refractivity (Wildman–Crippen MR) is 91.7 cm³/mol. The van der Waals surface area contributed by atoms with E-state index >= 15 is 0 Å². The SMILES string of the molecule is CCOC(=O)N(C)CC(=O)N(C)CCCc1nc2ccccc2[nH]1. The highest BCUT2D eigenvalue weighted by Gasteiger charge is 2.16. The number of H-pyrrole nitrogens is 1. The van der Waals surface area contributed by atoms with Crippen LogP contribution in [0.4, 0.5) is 4.79 Å². The number of para-hydroxylation sites is 2. The number of ether oxygens (including phenoxy) is 1. The van der Waals surface area contributed by atoms with Crippen LogP contribution in [0, 0.1) is 0 Å². The highest BCUT2D eigenvalue weighted by atomic mass is 16.6. The molecule has 0 unspecified atom stereocenters. The van der Waals surface area contributed by atoms with Gasteiger partial charge < -0.3 is 19.5 Å². The number of amides is 2. The van der Waals surface area contributed by atoms with Gasteiger partial charge in [0.15, 0.2) is 0 Å². The lowest BCUT2D eigenvalue weighted by molar-refractivity contribution is -0.130. The number of hydrogen-bond acceptors (Lipinski definition) is 4. The molecule has 7 nitrogen and oxygen atoms in total. The molecule has 0 fully saturated rings. The number of imidazole rings is 1. The fourth-order valence-electron chi connectivity index (χ4n) is 2.35. The van der Waals surface area contributed by atoms with Crippen molar-refractivity contribution in [3.05, 3.63) is 30.1 Å². The van der Waals surface area contributed by atoms with Crippen LogP contribution in [0.15, 0.2) is 24.3 Å². The summed E-state index contributed by atoms with van der Waals surface area (Å²) in [4.78, 5) is 34.3. The minimum Gasteiger partial charge on any atom is -0.450 e. The molecule has 1 aromatic carbocycles. The normalized spacial score (nSPS) is 10.6. The fraction of sp³-hybridized carbons (Fsp3) is 0.471. The first-order chi connectivity index (χ1) is 11.5. The number of aromatic nitrogens is 2. The van der Waals surface area contributed by atoms with Gasteiger partial charge in [-0.1, -0.05) is 12.1 Å². The standard InChI is InChI=1S/C17H24N4O3/c1-4-24-17(23)21(3)12-16(22)20(2)11-7-10-15-18-13-8-5-6-9-14(13)19-15/h5-6,8-9H,4,7,10-12H2,1-3H3,(H,18,19). The average molecular weight is 332 g/mol. The molecule has 1 N–H and O–H groups in total. The summed E-state index contributed by atoms with van der Waals surface area (Å²) < 4.78 is 4.86. The number of aromatic amines is 1. The number of benzene rings is 1. The van der Waals surface area contributed by atoms with E-state index in [0.717, 1.165) is 29.7 Å². The number of likely N-dealkylation sites (N-methyl/N-ethyl adjacent to an activating group) is 2. The maximum absolute atomic E-state index is 12.1. The van der Waals surface area contributed by atoms with E-state index in [4.69, 9.17) is 4.74 Å². The van der Waals surface area contributed by atoms with Gasteiger partial charge in [-0.15, -0.1) is 0 Å². The van der Waals surface area contributed by atoms with E-state index in [1.165, 1.54) is 4.90 Å². The molecular formula is C17H24N4O3. The molecule has 2 rings (SSSR count). The van der Waals surface area contributed by atoms with E-state index in [-0.39, 0.29) is 12.5 Å². The minimum atomic E-state index is -0.485. The summed E-state index contributed by atoms with van der Waals surface area (Å²) in [5.74, 6) is 0.802. The third-order valence-electron chi connectivity index (χ3n) is 3.72. The molecule has 1 aromatic heterocycles. The zero-order chi connectivity index (χ0) is 17.5. The summed E-state index contributed by atoms with van der Waals surface area (Å²) >= 11 is 0. The predicted octanol–water partition coefficient (Wildman–Crippen LogP) is 2.04. The van der Waals surface area contributed by atoms with Crippen LogP contribution in [0.2, 0.25) is 0 Å². The molecule has 0 aliphatic carbocycles. The number of aryl methyl sites for hydroxylation is 1. The molecule has 130 valence electrons. The molecule has 0 aliphatic heterocycles. The van der Waals surface area contributed by atoms with Crippen molar-refractivity contribution in [2.75, 3.05) is 33.8 Å². The second-order valence-corrected chi connectivity index (χ2v) is 5.67. The van der Waals surface area contributed by atoms with Gasteiger partial charge in [0, 0.05) is 27.1 Å². The summed E-state index contributed by atoms with van der Waals surface area (Å²) in [6, 6.07) is 7.89. The van der Waals surface area contributed by atoms with Gasteiger partial charge in [-0.2, -0.15) is 0 Å². The zero-order valence-electron chi connectivity index (χ0n) is 14.4. The van der Waals surface area contributed by atoms with Crippen molar-refractivity contribution in [2.45, 2.75) is 19.8 Å². The number of fused-ring (bicyclic) bond motifs is 1. The Hall–Kier alpha value is -2.57. The number of nitrogens with one attached hydrogen (secondary N) is 1. The van der Waals surface area contributed by atoms with Crippen molar-refractivity contribution in [3.8, 4) is 0 Å². The van der Waals surface area contributed by atoms with Crippen LogP contribution in [0.5, 0.6) is 0 Å². The van der Waals surface area contributed by atoms with Crippen LogP contribution in [-0.2, 0) is 16.0 Å². The molecule has 0 atom stereocenters. The van der Waals surface area contributed by atoms with Crippen molar-refractivity contribution in [2.24, 2.45) is 0 Å². The summed E-state index contributed by atoms with van der Waals surface area (Å²) in [6.45, 7) is 2.65. The van der Waals surface area contributed by atoms with E-state index in [1.807, 2.05) is 24.3 Å². The van der Waals surface area contributed by atoms with Gasteiger partial charge in [-0.05, 0) is 25.5 Å². The second kappa shape index (κ2) is 8.33. The number of rotatable bonds is 7. The summed E-state index contributed by atoms with van der Waals surface area (Å²) in [6.07, 6.45) is 1.08. The van der Waals surface area contributed by atoms with E-state index in [2.05, 4.69) is 9.97 Å². The van der Waals surface area contributed by atoms with Crippen molar-refractivity contribution in [1.82, 2.24) is 19.8 Å². The second-order valence-electron chi connectivity index (χ2n) is 5.67. The van der Waals surface area contributed by atoms with Gasteiger partial charge >= 0.3 is 6.09 Å². The lowest BCUT2D eigenvalue weighted by Crippen LogP contribution is -2.40. The molecular weight excluding hydrogens is 308 g/mol. The van der Waals surface area contributed by atoms with E-state index < -0.39 is 6.09 Å². The van der Waals surface area contributed by atoms with E-state index in [1.54, 1.807) is 25.9 Å². The number of nitrogens with zero attached hydrogens (tertiary/aromatic N) is 3. The van der Waals surface area contributed by atoms with Gasteiger partial charge in [-0.25, -0.2) is 9.78 Å². The smallest absolute Gasteiger partial charge is 0.409 e.